The van der Waals surface area contributed by atoms with Crippen molar-refractivity contribution in [3.8, 4) is 22.3 Å². The van der Waals surface area contributed by atoms with Gasteiger partial charge in [-0.05, 0) is 82.6 Å². The van der Waals surface area contributed by atoms with Crippen molar-refractivity contribution in [3.05, 3.63) is 226 Å². The number of nitrogens with one attached hydrogen (secondary N) is 4. The van der Waals surface area contributed by atoms with Crippen LogP contribution in [0.5, 0.6) is 0 Å². The molecular weight excluding hydrogens is 888 g/mol. The van der Waals surface area contributed by atoms with E-state index in [4.69, 9.17) is 23.2 Å². The van der Waals surface area contributed by atoms with E-state index in [0.717, 1.165) is 78.1 Å². The maximum absolute atomic E-state index is 13.8. The third-order valence-electron chi connectivity index (χ3n) is 12.1. The Labute approximate surface area is 405 Å². The number of carbonyl (C=O) groups excluding carboxylic acids is 2. The molecule has 0 spiro atoms. The number of benzene rings is 6. The first-order chi connectivity index (χ1) is 33.2. The fraction of sp³-hybridized carbons (Fsp3) is 0.143. The summed E-state index contributed by atoms with van der Waals surface area (Å²) in [5.74, 6) is 0.0883. The molecule has 340 valence electrons. The molecule has 12 heteroatoms. The van der Waals surface area contributed by atoms with E-state index in [1.807, 2.05) is 185 Å². The highest BCUT2D eigenvalue weighted by Crippen LogP contribution is 2.31. The molecule has 0 aliphatic heterocycles. The first-order valence-electron chi connectivity index (χ1n) is 22.5. The van der Waals surface area contributed by atoms with Crippen LogP contribution in [0.1, 0.15) is 55.1 Å². The van der Waals surface area contributed by atoms with Crippen molar-refractivity contribution in [1.29, 1.82) is 0 Å². The molecule has 10 nitrogen and oxygen atoms in total. The van der Waals surface area contributed by atoms with E-state index in [-0.39, 0.29) is 11.6 Å². The molecule has 0 bridgehead atoms. The van der Waals surface area contributed by atoms with Crippen molar-refractivity contribution in [2.24, 2.45) is 14.1 Å². The summed E-state index contributed by atoms with van der Waals surface area (Å²) in [7, 11) is 3.80. The summed E-state index contributed by atoms with van der Waals surface area (Å²) >= 11 is 12.0. The molecule has 68 heavy (non-hydrogen) atoms. The van der Waals surface area contributed by atoms with Crippen LogP contribution in [0.3, 0.4) is 0 Å². The van der Waals surface area contributed by atoms with Gasteiger partial charge in [-0.2, -0.15) is 10.2 Å². The first-order valence-corrected chi connectivity index (χ1v) is 23.3. The van der Waals surface area contributed by atoms with E-state index in [2.05, 4.69) is 42.9 Å². The topological polar surface area (TPSA) is 125 Å². The number of ketones is 2. The molecule has 0 fully saturated rings. The number of fused-ring (bicyclic) bond motifs is 2. The fourth-order valence-corrected chi connectivity index (χ4v) is 8.76. The average Bonchev–Trinajstić information content (AvgIpc) is 4.20. The van der Waals surface area contributed by atoms with Crippen LogP contribution in [0.2, 0.25) is 10.0 Å². The standard InChI is InChI=1S/2C28H25ClN4O/c2*1-33-18-22(16-32-33)21-9-12-24-25(17-31-26(24)15-21)28(34)27(20-5-3-2-4-6-20)30-14-13-19-7-10-23(29)11-8-19/h2*2-12,15-18,27,30-31H,13-14H2,1H3/t2*27-/m10/s1. The van der Waals surface area contributed by atoms with Gasteiger partial charge in [-0.25, -0.2) is 0 Å². The van der Waals surface area contributed by atoms with Crippen LogP contribution in [0.4, 0.5) is 0 Å². The van der Waals surface area contributed by atoms with E-state index < -0.39 is 12.1 Å². The molecular formula is C56H50Cl2N8O2. The summed E-state index contributed by atoms with van der Waals surface area (Å²) in [4.78, 5) is 34.1. The number of aryl methyl sites for hydroxylation is 2. The molecule has 0 saturated carbocycles. The minimum atomic E-state index is -0.439. The van der Waals surface area contributed by atoms with Crippen molar-refractivity contribution in [3.63, 3.8) is 0 Å². The van der Waals surface area contributed by atoms with Crippen molar-refractivity contribution in [2.75, 3.05) is 13.1 Å². The van der Waals surface area contributed by atoms with Crippen LogP contribution in [0.15, 0.2) is 183 Å². The summed E-state index contributed by atoms with van der Waals surface area (Å²) < 4.78 is 3.56. The monoisotopic (exact) mass is 936 g/mol. The minimum Gasteiger partial charge on any atom is -0.360 e. The molecule has 0 unspecified atom stereocenters. The normalized spacial score (nSPS) is 12.2. The van der Waals surface area contributed by atoms with E-state index in [0.29, 0.717) is 24.2 Å². The summed E-state index contributed by atoms with van der Waals surface area (Å²) in [5.41, 5.74) is 11.7. The van der Waals surface area contributed by atoms with Crippen LogP contribution < -0.4 is 10.6 Å². The van der Waals surface area contributed by atoms with Crippen molar-refractivity contribution in [1.82, 2.24) is 40.2 Å². The molecule has 0 saturated heterocycles. The number of Topliss-reactive ketones (excluding diaryl/α,β-unsaturated/α-hetero) is 2. The van der Waals surface area contributed by atoms with Gasteiger partial charge in [0.1, 0.15) is 0 Å². The second kappa shape index (κ2) is 21.1. The number of halogens is 2. The van der Waals surface area contributed by atoms with Gasteiger partial charge < -0.3 is 20.6 Å². The number of aromatic amines is 2. The van der Waals surface area contributed by atoms with Gasteiger partial charge in [0.2, 0.25) is 0 Å². The molecule has 0 aliphatic rings. The number of carbonyl (C=O) groups is 2. The minimum absolute atomic E-state index is 0.0442. The maximum atomic E-state index is 13.8. The molecule has 0 amide bonds. The van der Waals surface area contributed by atoms with Crippen LogP contribution in [0.25, 0.3) is 44.1 Å². The lowest BCUT2D eigenvalue weighted by Gasteiger charge is -2.18. The van der Waals surface area contributed by atoms with Gasteiger partial charge in [0.05, 0.1) is 24.5 Å². The van der Waals surface area contributed by atoms with Crippen LogP contribution in [-0.4, -0.2) is 54.2 Å². The Morgan fingerprint density at radius 3 is 1.29 bits per heavy atom. The lowest BCUT2D eigenvalue weighted by molar-refractivity contribution is 0.0937. The number of aromatic nitrogens is 6. The van der Waals surface area contributed by atoms with E-state index in [1.54, 1.807) is 9.36 Å². The van der Waals surface area contributed by atoms with Gasteiger partial charge in [0.15, 0.2) is 11.6 Å². The predicted octanol–water partition coefficient (Wildman–Crippen LogP) is 12.0. The molecule has 6 aromatic carbocycles. The number of nitrogens with zero attached hydrogens (tertiary/aromatic N) is 4. The summed E-state index contributed by atoms with van der Waals surface area (Å²) in [6, 6.07) is 46.7. The van der Waals surface area contributed by atoms with Gasteiger partial charge in [-0.3, -0.25) is 19.0 Å². The van der Waals surface area contributed by atoms with Crippen LogP contribution in [0, 0.1) is 0 Å². The largest absolute Gasteiger partial charge is 0.360 e. The van der Waals surface area contributed by atoms with Crippen LogP contribution >= 0.6 is 23.2 Å². The Hall–Kier alpha value is -7.34. The Morgan fingerprint density at radius 1 is 0.529 bits per heavy atom. The van der Waals surface area contributed by atoms with E-state index in [9.17, 15) is 9.59 Å². The number of hydrogen-bond acceptors (Lipinski definition) is 6. The quantitative estimate of drug-likeness (QED) is 0.0715. The smallest absolute Gasteiger partial charge is 0.186 e. The van der Waals surface area contributed by atoms with E-state index in [1.165, 1.54) is 11.1 Å². The Kier molecular flexibility index (Phi) is 14.2. The highest BCUT2D eigenvalue weighted by molar-refractivity contribution is 6.30. The zero-order valence-corrected chi connectivity index (χ0v) is 39.2. The second-order valence-electron chi connectivity index (χ2n) is 16.8. The molecule has 4 aromatic heterocycles. The molecule has 4 heterocycles. The summed E-state index contributed by atoms with van der Waals surface area (Å²) in [5, 5.41) is 18.8. The lowest BCUT2D eigenvalue weighted by atomic mass is 9.96. The highest BCUT2D eigenvalue weighted by Gasteiger charge is 2.26. The fourth-order valence-electron chi connectivity index (χ4n) is 8.51. The predicted molar refractivity (Wildman–Crippen MR) is 274 cm³/mol. The SMILES string of the molecule is Cn1cc(-c2ccc3c(C(=O)[C@@H](NCCc4ccc(Cl)cc4)c4ccccc4)c[nH]c3c2)cn1.Cn1cc(-c2ccc3c(C(=O)[C@H](NCCc4ccc(Cl)cc4)c4ccccc4)c[nH]c3c2)cn1. The highest BCUT2D eigenvalue weighted by atomic mass is 35.5. The zero-order chi connectivity index (χ0) is 47.0. The molecule has 0 aliphatic carbocycles. The second-order valence-corrected chi connectivity index (χ2v) is 17.7. The summed E-state index contributed by atoms with van der Waals surface area (Å²) in [6.45, 7) is 1.33. The lowest BCUT2D eigenvalue weighted by Crippen LogP contribution is -2.30. The number of hydrogen-bond donors (Lipinski definition) is 4. The molecule has 10 rings (SSSR count). The Balaban J connectivity index is 0.000000170. The maximum Gasteiger partial charge on any atom is 0.186 e. The summed E-state index contributed by atoms with van der Waals surface area (Å²) in [6.07, 6.45) is 12.9. The van der Waals surface area contributed by atoms with Crippen LogP contribution in [-0.2, 0) is 26.9 Å². The van der Waals surface area contributed by atoms with Gasteiger partial charge in [0.25, 0.3) is 0 Å². The number of H-pyrrole nitrogens is 2. The van der Waals surface area contributed by atoms with Gasteiger partial charge in [-0.15, -0.1) is 0 Å². The first kappa shape index (κ1) is 45.8. The molecule has 10 aromatic rings. The van der Waals surface area contributed by atoms with E-state index >= 15 is 0 Å². The van der Waals surface area contributed by atoms with Crippen molar-refractivity contribution >= 4 is 56.6 Å². The average molecular weight is 938 g/mol. The zero-order valence-electron chi connectivity index (χ0n) is 37.7. The molecule has 0 radical (unpaired) electrons. The molecule has 4 N–H and O–H groups in total. The Morgan fingerprint density at radius 2 is 0.926 bits per heavy atom. The third kappa shape index (κ3) is 10.8. The van der Waals surface area contributed by atoms with Gasteiger partial charge in [0, 0.05) is 106 Å². The van der Waals surface area contributed by atoms with Crippen molar-refractivity contribution < 1.29 is 9.59 Å². The molecule has 2 atom stereocenters. The third-order valence-corrected chi connectivity index (χ3v) is 12.6. The number of rotatable bonds is 16. The Bertz CT molecular complexity index is 3060. The van der Waals surface area contributed by atoms with Crippen molar-refractivity contribution in [2.45, 2.75) is 24.9 Å². The van der Waals surface area contributed by atoms with Gasteiger partial charge in [-0.1, -0.05) is 132 Å². The van der Waals surface area contributed by atoms with Gasteiger partial charge >= 0.3 is 0 Å².